The quantitative estimate of drug-likeness (QED) is 0.647. The van der Waals surface area contributed by atoms with Crippen molar-refractivity contribution in [3.63, 3.8) is 0 Å². The molecule has 0 atom stereocenters. The molecule has 0 aromatic carbocycles. The topological polar surface area (TPSA) is 55.3 Å². The largest absolute Gasteiger partial charge is 0.481 e. The number of aromatic nitrogens is 2. The standard InChI is InChI=1S/C9H11N3O2/c1-12-7(13)4-3-6-8(12)10-5-11-9(6)14-2/h5H,3-4H2,1-2H3. The van der Waals surface area contributed by atoms with Crippen molar-refractivity contribution in [1.29, 1.82) is 0 Å². The molecule has 0 radical (unpaired) electrons. The van der Waals surface area contributed by atoms with Crippen LogP contribution in [0, 0.1) is 0 Å². The first-order valence-corrected chi connectivity index (χ1v) is 4.38. The Morgan fingerprint density at radius 1 is 1.43 bits per heavy atom. The van der Waals surface area contributed by atoms with Crippen molar-refractivity contribution in [3.05, 3.63) is 11.9 Å². The number of nitrogens with zero attached hydrogens (tertiary/aromatic N) is 3. The van der Waals surface area contributed by atoms with Gasteiger partial charge < -0.3 is 4.74 Å². The van der Waals surface area contributed by atoms with Crippen LogP contribution < -0.4 is 9.64 Å². The smallest absolute Gasteiger partial charge is 0.228 e. The molecule has 1 aromatic heterocycles. The predicted molar refractivity (Wildman–Crippen MR) is 50.3 cm³/mol. The third kappa shape index (κ3) is 1.21. The van der Waals surface area contributed by atoms with E-state index in [4.69, 9.17) is 4.74 Å². The van der Waals surface area contributed by atoms with Gasteiger partial charge in [0.15, 0.2) is 0 Å². The second kappa shape index (κ2) is 3.25. The highest BCUT2D eigenvalue weighted by molar-refractivity contribution is 5.95. The van der Waals surface area contributed by atoms with E-state index in [0.29, 0.717) is 24.5 Å². The van der Waals surface area contributed by atoms with Gasteiger partial charge in [-0.1, -0.05) is 0 Å². The summed E-state index contributed by atoms with van der Waals surface area (Å²) in [5, 5.41) is 0. The second-order valence-corrected chi connectivity index (χ2v) is 3.14. The molecule has 2 rings (SSSR count). The first-order valence-electron chi connectivity index (χ1n) is 4.38. The van der Waals surface area contributed by atoms with E-state index in [1.807, 2.05) is 0 Å². The van der Waals surface area contributed by atoms with Gasteiger partial charge in [-0.05, 0) is 6.42 Å². The van der Waals surface area contributed by atoms with E-state index in [1.54, 1.807) is 19.1 Å². The van der Waals surface area contributed by atoms with Crippen LogP contribution >= 0.6 is 0 Å². The lowest BCUT2D eigenvalue weighted by Gasteiger charge is -2.24. The molecular formula is C9H11N3O2. The summed E-state index contributed by atoms with van der Waals surface area (Å²) in [7, 11) is 3.28. The molecule has 0 spiro atoms. The molecule has 1 aromatic rings. The fourth-order valence-corrected chi connectivity index (χ4v) is 1.59. The predicted octanol–water partition coefficient (Wildman–Crippen LogP) is 0.394. The highest BCUT2D eigenvalue weighted by Gasteiger charge is 2.25. The summed E-state index contributed by atoms with van der Waals surface area (Å²) in [5.41, 5.74) is 0.914. The van der Waals surface area contributed by atoms with E-state index in [2.05, 4.69) is 9.97 Å². The first-order chi connectivity index (χ1) is 6.74. The summed E-state index contributed by atoms with van der Waals surface area (Å²) >= 11 is 0. The zero-order chi connectivity index (χ0) is 10.1. The number of rotatable bonds is 1. The van der Waals surface area contributed by atoms with E-state index in [1.165, 1.54) is 6.33 Å². The maximum absolute atomic E-state index is 11.4. The van der Waals surface area contributed by atoms with Gasteiger partial charge >= 0.3 is 0 Å². The van der Waals surface area contributed by atoms with Crippen molar-refractivity contribution in [3.8, 4) is 5.88 Å². The average Bonchev–Trinajstić information content (AvgIpc) is 2.23. The van der Waals surface area contributed by atoms with E-state index in [0.717, 1.165) is 5.56 Å². The Bertz CT molecular complexity index is 378. The maximum Gasteiger partial charge on any atom is 0.228 e. The van der Waals surface area contributed by atoms with Gasteiger partial charge in [-0.2, -0.15) is 0 Å². The molecule has 14 heavy (non-hydrogen) atoms. The van der Waals surface area contributed by atoms with E-state index < -0.39 is 0 Å². The SMILES string of the molecule is COc1ncnc2c1CCC(=O)N2C. The number of anilines is 1. The number of ether oxygens (including phenoxy) is 1. The van der Waals surface area contributed by atoms with Crippen molar-refractivity contribution in [2.45, 2.75) is 12.8 Å². The Morgan fingerprint density at radius 3 is 2.93 bits per heavy atom. The summed E-state index contributed by atoms with van der Waals surface area (Å²) in [6.07, 6.45) is 2.56. The van der Waals surface area contributed by atoms with Crippen LogP contribution in [0.5, 0.6) is 5.88 Å². The summed E-state index contributed by atoms with van der Waals surface area (Å²) in [6, 6.07) is 0. The molecule has 74 valence electrons. The third-order valence-electron chi connectivity index (χ3n) is 2.36. The van der Waals surface area contributed by atoms with Gasteiger partial charge in [-0.25, -0.2) is 9.97 Å². The van der Waals surface area contributed by atoms with Gasteiger partial charge in [0.1, 0.15) is 12.1 Å². The molecule has 1 aliphatic rings. The number of hydrogen-bond donors (Lipinski definition) is 0. The van der Waals surface area contributed by atoms with Crippen LogP contribution in [0.2, 0.25) is 0 Å². The summed E-state index contributed by atoms with van der Waals surface area (Å²) < 4.78 is 5.11. The maximum atomic E-state index is 11.4. The molecule has 0 unspecified atom stereocenters. The van der Waals surface area contributed by atoms with Crippen LogP contribution in [0.4, 0.5) is 5.82 Å². The normalized spacial score (nSPS) is 15.3. The van der Waals surface area contributed by atoms with E-state index >= 15 is 0 Å². The number of fused-ring (bicyclic) bond motifs is 1. The van der Waals surface area contributed by atoms with Crippen molar-refractivity contribution < 1.29 is 9.53 Å². The molecule has 1 aliphatic heterocycles. The van der Waals surface area contributed by atoms with Gasteiger partial charge in [0.2, 0.25) is 11.8 Å². The number of carbonyl (C=O) groups is 1. The van der Waals surface area contributed by atoms with Crippen molar-refractivity contribution in [1.82, 2.24) is 9.97 Å². The van der Waals surface area contributed by atoms with Crippen LogP contribution in [0.3, 0.4) is 0 Å². The molecule has 0 fully saturated rings. The molecular weight excluding hydrogens is 182 g/mol. The first kappa shape index (κ1) is 8.93. The lowest BCUT2D eigenvalue weighted by atomic mass is 10.1. The van der Waals surface area contributed by atoms with Gasteiger partial charge in [-0.15, -0.1) is 0 Å². The second-order valence-electron chi connectivity index (χ2n) is 3.14. The van der Waals surface area contributed by atoms with Gasteiger partial charge in [0.05, 0.1) is 12.7 Å². The molecule has 0 N–H and O–H groups in total. The lowest BCUT2D eigenvalue weighted by molar-refractivity contribution is -0.118. The van der Waals surface area contributed by atoms with Gasteiger partial charge in [-0.3, -0.25) is 9.69 Å². The Hall–Kier alpha value is -1.65. The summed E-state index contributed by atoms with van der Waals surface area (Å²) in [4.78, 5) is 21.0. The van der Waals surface area contributed by atoms with Crippen LogP contribution in [0.15, 0.2) is 6.33 Å². The fourth-order valence-electron chi connectivity index (χ4n) is 1.59. The molecule has 0 saturated heterocycles. The molecule has 0 aliphatic carbocycles. The van der Waals surface area contributed by atoms with Crippen molar-refractivity contribution >= 4 is 11.7 Å². The summed E-state index contributed by atoms with van der Waals surface area (Å²) in [6.45, 7) is 0. The Morgan fingerprint density at radius 2 is 2.21 bits per heavy atom. The Balaban J connectivity index is 2.52. The zero-order valence-electron chi connectivity index (χ0n) is 8.15. The number of amides is 1. The minimum atomic E-state index is 0.0817. The molecule has 0 bridgehead atoms. The summed E-state index contributed by atoms with van der Waals surface area (Å²) in [5.74, 6) is 1.31. The van der Waals surface area contributed by atoms with E-state index in [-0.39, 0.29) is 5.91 Å². The molecule has 1 amide bonds. The molecule has 0 saturated carbocycles. The highest BCUT2D eigenvalue weighted by atomic mass is 16.5. The monoisotopic (exact) mass is 193 g/mol. The minimum Gasteiger partial charge on any atom is -0.481 e. The average molecular weight is 193 g/mol. The molecule has 5 nitrogen and oxygen atoms in total. The van der Waals surface area contributed by atoms with Gasteiger partial charge in [0, 0.05) is 13.5 Å². The van der Waals surface area contributed by atoms with Crippen LogP contribution in [-0.4, -0.2) is 30.0 Å². The number of carbonyl (C=O) groups excluding carboxylic acids is 1. The Labute approximate surface area is 81.7 Å². The number of methoxy groups -OCH3 is 1. The van der Waals surface area contributed by atoms with Crippen molar-refractivity contribution in [2.24, 2.45) is 0 Å². The van der Waals surface area contributed by atoms with Crippen LogP contribution in [-0.2, 0) is 11.2 Å². The number of hydrogen-bond acceptors (Lipinski definition) is 4. The minimum absolute atomic E-state index is 0.0817. The van der Waals surface area contributed by atoms with Crippen LogP contribution in [0.1, 0.15) is 12.0 Å². The fraction of sp³-hybridized carbons (Fsp3) is 0.444. The lowest BCUT2D eigenvalue weighted by Crippen LogP contribution is -2.32. The highest BCUT2D eigenvalue weighted by Crippen LogP contribution is 2.29. The van der Waals surface area contributed by atoms with Crippen molar-refractivity contribution in [2.75, 3.05) is 19.1 Å². The molecule has 5 heteroatoms. The third-order valence-corrected chi connectivity index (χ3v) is 2.36. The Kier molecular flexibility index (Phi) is 2.07. The van der Waals surface area contributed by atoms with E-state index in [9.17, 15) is 4.79 Å². The zero-order valence-corrected chi connectivity index (χ0v) is 8.15. The van der Waals surface area contributed by atoms with Crippen LogP contribution in [0.25, 0.3) is 0 Å². The van der Waals surface area contributed by atoms with Gasteiger partial charge in [0.25, 0.3) is 0 Å². The molecule has 2 heterocycles.